The van der Waals surface area contributed by atoms with Gasteiger partial charge >= 0.3 is 0 Å². The van der Waals surface area contributed by atoms with E-state index in [1.807, 2.05) is 6.20 Å². The van der Waals surface area contributed by atoms with Gasteiger partial charge < -0.3 is 5.32 Å². The van der Waals surface area contributed by atoms with Gasteiger partial charge in [0.2, 0.25) is 0 Å². The first kappa shape index (κ1) is 21.5. The average Bonchev–Trinajstić information content (AvgIpc) is 3.15. The molecule has 3 aromatic rings. The lowest BCUT2D eigenvalue weighted by Gasteiger charge is -2.52. The van der Waals surface area contributed by atoms with Gasteiger partial charge in [0, 0.05) is 18.4 Å². The van der Waals surface area contributed by atoms with Crippen molar-refractivity contribution in [2.75, 3.05) is 6.54 Å². The van der Waals surface area contributed by atoms with Crippen molar-refractivity contribution >= 4 is 11.1 Å². The van der Waals surface area contributed by atoms with Crippen molar-refractivity contribution in [2.45, 2.75) is 43.9 Å². The molecular formula is C36H33N. The first-order chi connectivity index (χ1) is 18.1. The van der Waals surface area contributed by atoms with E-state index in [2.05, 4.69) is 110 Å². The lowest BCUT2D eigenvalue weighted by molar-refractivity contribution is 0.243. The van der Waals surface area contributed by atoms with Crippen LogP contribution in [0.1, 0.15) is 66.3 Å². The van der Waals surface area contributed by atoms with Crippen LogP contribution in [0.2, 0.25) is 0 Å². The fourth-order valence-electron chi connectivity index (χ4n) is 8.16. The van der Waals surface area contributed by atoms with Gasteiger partial charge in [0.25, 0.3) is 0 Å². The smallest absolute Gasteiger partial charge is 0.0401 e. The Bertz CT molecular complexity index is 1560. The van der Waals surface area contributed by atoms with Crippen LogP contribution in [0, 0.1) is 11.8 Å². The minimum atomic E-state index is 0.0793. The normalized spacial score (nSPS) is 27.7. The molecule has 1 nitrogen and oxygen atoms in total. The van der Waals surface area contributed by atoms with Gasteiger partial charge in [-0.3, -0.25) is 0 Å². The van der Waals surface area contributed by atoms with Crippen LogP contribution >= 0.6 is 0 Å². The largest absolute Gasteiger partial charge is 0.387 e. The van der Waals surface area contributed by atoms with Crippen molar-refractivity contribution in [1.82, 2.24) is 5.32 Å². The second kappa shape index (κ2) is 7.71. The molecule has 0 bridgehead atoms. The summed E-state index contributed by atoms with van der Waals surface area (Å²) >= 11 is 0. The van der Waals surface area contributed by atoms with E-state index in [-0.39, 0.29) is 5.41 Å². The molecule has 4 unspecified atom stereocenters. The summed E-state index contributed by atoms with van der Waals surface area (Å²) in [6.45, 7) is 5.89. The Labute approximate surface area is 220 Å². The highest BCUT2D eigenvalue weighted by atomic mass is 14.8. The van der Waals surface area contributed by atoms with Crippen LogP contribution < -0.4 is 5.32 Å². The highest BCUT2D eigenvalue weighted by Gasteiger charge is 2.54. The zero-order chi connectivity index (χ0) is 24.7. The van der Waals surface area contributed by atoms with Gasteiger partial charge in [-0.25, -0.2) is 0 Å². The molecule has 4 aliphatic carbocycles. The summed E-state index contributed by atoms with van der Waals surface area (Å²) in [5, 5.41) is 3.32. The number of rotatable bonds is 2. The lowest BCUT2D eigenvalue weighted by atomic mass is 9.52. The fraction of sp³-hybridized carbons (Fsp3) is 0.278. The number of allylic oxidation sites excluding steroid dienone is 6. The first-order valence-electron chi connectivity index (χ1n) is 14.0. The molecule has 3 aromatic carbocycles. The third-order valence-corrected chi connectivity index (χ3v) is 10.1. The zero-order valence-corrected chi connectivity index (χ0v) is 21.7. The molecule has 8 rings (SSSR count). The third kappa shape index (κ3) is 2.98. The molecule has 0 saturated heterocycles. The molecule has 0 amide bonds. The summed E-state index contributed by atoms with van der Waals surface area (Å²) in [6.07, 6.45) is 14.0. The molecule has 4 atom stereocenters. The molecule has 5 aliphatic rings. The van der Waals surface area contributed by atoms with E-state index < -0.39 is 0 Å². The maximum absolute atomic E-state index is 3.32. The van der Waals surface area contributed by atoms with E-state index in [0.717, 1.165) is 18.4 Å². The molecule has 37 heavy (non-hydrogen) atoms. The summed E-state index contributed by atoms with van der Waals surface area (Å²) in [6, 6.07) is 25.7. The molecule has 0 spiro atoms. The summed E-state index contributed by atoms with van der Waals surface area (Å²) < 4.78 is 0. The quantitative estimate of drug-likeness (QED) is 0.389. The Hall–Kier alpha value is -3.58. The van der Waals surface area contributed by atoms with E-state index in [1.165, 1.54) is 46.2 Å². The van der Waals surface area contributed by atoms with E-state index in [0.29, 0.717) is 11.8 Å². The molecule has 1 N–H and O–H groups in total. The maximum Gasteiger partial charge on any atom is 0.0401 e. The Balaban J connectivity index is 1.20. The molecule has 1 heteroatoms. The average molecular weight is 480 g/mol. The van der Waals surface area contributed by atoms with Gasteiger partial charge in [0.15, 0.2) is 0 Å². The molecular weight excluding hydrogens is 446 g/mol. The second-order valence-corrected chi connectivity index (χ2v) is 12.2. The van der Waals surface area contributed by atoms with Crippen molar-refractivity contribution in [2.24, 2.45) is 11.8 Å². The van der Waals surface area contributed by atoms with Crippen molar-refractivity contribution in [3.8, 4) is 11.1 Å². The summed E-state index contributed by atoms with van der Waals surface area (Å²) in [4.78, 5) is 0. The highest BCUT2D eigenvalue weighted by Crippen LogP contribution is 2.65. The molecule has 1 fully saturated rings. The third-order valence-electron chi connectivity index (χ3n) is 10.1. The van der Waals surface area contributed by atoms with Crippen LogP contribution in [-0.4, -0.2) is 6.54 Å². The maximum atomic E-state index is 3.32. The van der Waals surface area contributed by atoms with E-state index in [9.17, 15) is 0 Å². The summed E-state index contributed by atoms with van der Waals surface area (Å²) in [5.41, 5.74) is 14.8. The topological polar surface area (TPSA) is 12.0 Å². The predicted octanol–water partition coefficient (Wildman–Crippen LogP) is 8.38. The van der Waals surface area contributed by atoms with Gasteiger partial charge in [0.1, 0.15) is 0 Å². The van der Waals surface area contributed by atoms with E-state index >= 15 is 0 Å². The van der Waals surface area contributed by atoms with Crippen LogP contribution in [0.25, 0.3) is 22.3 Å². The Kier molecular flexibility index (Phi) is 4.48. The van der Waals surface area contributed by atoms with Crippen LogP contribution in [0.5, 0.6) is 0 Å². The Morgan fingerprint density at radius 1 is 0.757 bits per heavy atom. The van der Waals surface area contributed by atoms with Gasteiger partial charge in [0.05, 0.1) is 0 Å². The number of dihydropyridines is 1. The minimum absolute atomic E-state index is 0.0793. The van der Waals surface area contributed by atoms with Crippen molar-refractivity contribution in [3.63, 3.8) is 0 Å². The number of nitrogens with one attached hydrogen (secondary N) is 1. The lowest BCUT2D eigenvalue weighted by Crippen LogP contribution is -2.40. The Morgan fingerprint density at radius 3 is 2.27 bits per heavy atom. The molecule has 1 aliphatic heterocycles. The molecule has 0 aromatic heterocycles. The summed E-state index contributed by atoms with van der Waals surface area (Å²) in [7, 11) is 0. The van der Waals surface area contributed by atoms with Gasteiger partial charge in [-0.2, -0.15) is 0 Å². The van der Waals surface area contributed by atoms with Crippen LogP contribution in [0.3, 0.4) is 0 Å². The van der Waals surface area contributed by atoms with E-state index in [4.69, 9.17) is 0 Å². The van der Waals surface area contributed by atoms with Crippen LogP contribution in [-0.2, 0) is 5.41 Å². The molecule has 0 radical (unpaired) electrons. The standard InChI is InChI=1S/C36H33N/c1-36(2)33-20-24(22-9-11-23(12-10-22)25-6-5-19-37-21-25)13-14-29(33)32-18-17-31-28-16-15-27(28)26-7-3-4-8-30(26)34(31)35(32)36/h3-14,17-20,27-28,34-35,37H,15-16,21H2,1-2H3. The molecule has 182 valence electrons. The van der Waals surface area contributed by atoms with Crippen LogP contribution in [0.4, 0.5) is 0 Å². The number of fused-ring (bicyclic) bond motifs is 10. The van der Waals surface area contributed by atoms with Crippen molar-refractivity contribution in [3.05, 3.63) is 131 Å². The van der Waals surface area contributed by atoms with Gasteiger partial charge in [-0.1, -0.05) is 98.3 Å². The van der Waals surface area contributed by atoms with Crippen molar-refractivity contribution < 1.29 is 0 Å². The summed E-state index contributed by atoms with van der Waals surface area (Å²) in [5.74, 6) is 2.50. The number of benzene rings is 3. The van der Waals surface area contributed by atoms with Gasteiger partial charge in [-0.05, 0) is 98.5 Å². The Morgan fingerprint density at radius 2 is 1.51 bits per heavy atom. The number of hydrogen-bond acceptors (Lipinski definition) is 1. The second-order valence-electron chi connectivity index (χ2n) is 12.2. The molecule has 1 saturated carbocycles. The highest BCUT2D eigenvalue weighted by molar-refractivity contribution is 5.84. The predicted molar refractivity (Wildman–Crippen MR) is 154 cm³/mol. The number of hydrogen-bond donors (Lipinski definition) is 1. The SMILES string of the molecule is CC1(C)c2cc(-c3ccc(C4=CC=CNC4)cc3)ccc2C2=CC=C3C4CCC4c4ccccc4C3C21. The minimum Gasteiger partial charge on any atom is -0.387 e. The monoisotopic (exact) mass is 479 g/mol. The van der Waals surface area contributed by atoms with Gasteiger partial charge in [-0.15, -0.1) is 0 Å². The van der Waals surface area contributed by atoms with E-state index in [1.54, 1.807) is 22.3 Å². The zero-order valence-electron chi connectivity index (χ0n) is 21.7. The molecule has 1 heterocycles. The fourth-order valence-corrected chi connectivity index (χ4v) is 8.16. The first-order valence-corrected chi connectivity index (χ1v) is 14.0. The van der Waals surface area contributed by atoms with Crippen molar-refractivity contribution in [1.29, 1.82) is 0 Å². The van der Waals surface area contributed by atoms with Crippen LogP contribution in [0.15, 0.2) is 103 Å².